The van der Waals surface area contributed by atoms with Crippen LogP contribution >= 0.6 is 0 Å². The number of carboxylic acids is 1. The van der Waals surface area contributed by atoms with Gasteiger partial charge in [-0.25, -0.2) is 0 Å². The Labute approximate surface area is 141 Å². The van der Waals surface area contributed by atoms with Crippen molar-refractivity contribution in [2.75, 3.05) is 45.3 Å². The maximum atomic E-state index is 12.1. The maximum absolute atomic E-state index is 12.1. The van der Waals surface area contributed by atoms with E-state index in [0.717, 1.165) is 17.2 Å². The number of hydrogen-bond acceptors (Lipinski definition) is 5. The topological polar surface area (TPSA) is 79.3 Å². The number of benzene rings is 1. The molecular weight excluding hydrogens is 312 g/mol. The van der Waals surface area contributed by atoms with Crippen LogP contribution in [0.5, 0.6) is 11.5 Å². The fourth-order valence-corrected chi connectivity index (χ4v) is 2.79. The van der Waals surface area contributed by atoms with Crippen LogP contribution in [-0.4, -0.2) is 62.3 Å². The molecule has 0 aromatic heterocycles. The summed E-state index contributed by atoms with van der Waals surface area (Å²) in [5, 5.41) is 8.64. The molecule has 0 bridgehead atoms. The van der Waals surface area contributed by atoms with E-state index in [2.05, 4.69) is 4.90 Å². The quantitative estimate of drug-likeness (QED) is 0.815. The molecule has 0 aliphatic carbocycles. The largest absolute Gasteiger partial charge is 0.497 e. The second kappa shape index (κ2) is 8.42. The van der Waals surface area contributed by atoms with Crippen LogP contribution in [0.2, 0.25) is 0 Å². The van der Waals surface area contributed by atoms with E-state index < -0.39 is 5.97 Å². The van der Waals surface area contributed by atoms with Crippen molar-refractivity contribution in [3.63, 3.8) is 0 Å². The number of piperazine rings is 1. The van der Waals surface area contributed by atoms with Crippen molar-refractivity contribution < 1.29 is 24.2 Å². The third-order valence-corrected chi connectivity index (χ3v) is 4.14. The zero-order chi connectivity index (χ0) is 17.5. The highest BCUT2D eigenvalue weighted by Crippen LogP contribution is 2.32. The molecule has 1 fully saturated rings. The Morgan fingerprint density at radius 1 is 1.08 bits per heavy atom. The molecule has 0 saturated carbocycles. The first-order valence-electron chi connectivity index (χ1n) is 8.01. The predicted molar refractivity (Wildman–Crippen MR) is 89.8 cm³/mol. The number of anilines is 1. The summed E-state index contributed by atoms with van der Waals surface area (Å²) >= 11 is 0. The van der Waals surface area contributed by atoms with Crippen LogP contribution in [-0.2, 0) is 9.59 Å². The molecule has 1 saturated heterocycles. The Hall–Kier alpha value is -2.44. The van der Waals surface area contributed by atoms with Gasteiger partial charge in [-0.1, -0.05) is 0 Å². The summed E-state index contributed by atoms with van der Waals surface area (Å²) < 4.78 is 10.7. The summed E-state index contributed by atoms with van der Waals surface area (Å²) in [7, 11) is 3.26. The molecule has 0 atom stereocenters. The lowest BCUT2D eigenvalue weighted by atomic mass is 10.2. The van der Waals surface area contributed by atoms with Gasteiger partial charge in [0, 0.05) is 45.1 Å². The first kappa shape index (κ1) is 17.9. The van der Waals surface area contributed by atoms with Crippen molar-refractivity contribution in [1.82, 2.24) is 4.90 Å². The molecule has 1 aliphatic heterocycles. The molecule has 1 amide bonds. The van der Waals surface area contributed by atoms with Crippen molar-refractivity contribution in [2.24, 2.45) is 0 Å². The number of carboxylic acid groups (broad SMARTS) is 1. The number of amides is 1. The molecule has 1 aliphatic rings. The normalized spacial score (nSPS) is 14.4. The van der Waals surface area contributed by atoms with Crippen LogP contribution in [0.4, 0.5) is 5.69 Å². The standard InChI is InChI=1S/C17H24N2O5/c1-23-13-6-7-15(24-2)14(12-13)18-8-10-19(11-9-18)16(20)4-3-5-17(21)22/h6-7,12H,3-5,8-11H2,1-2H3,(H,21,22). The van der Waals surface area contributed by atoms with Gasteiger partial charge in [0.2, 0.25) is 5.91 Å². The van der Waals surface area contributed by atoms with Gasteiger partial charge in [0.05, 0.1) is 19.9 Å². The molecule has 1 aromatic rings. The highest BCUT2D eigenvalue weighted by Gasteiger charge is 2.23. The van der Waals surface area contributed by atoms with E-state index in [9.17, 15) is 9.59 Å². The summed E-state index contributed by atoms with van der Waals surface area (Å²) in [6.45, 7) is 2.64. The van der Waals surface area contributed by atoms with E-state index in [1.54, 1.807) is 19.1 Å². The fourth-order valence-electron chi connectivity index (χ4n) is 2.79. The molecular formula is C17H24N2O5. The number of carbonyl (C=O) groups is 2. The van der Waals surface area contributed by atoms with Gasteiger partial charge in [0.1, 0.15) is 11.5 Å². The average molecular weight is 336 g/mol. The van der Waals surface area contributed by atoms with E-state index in [1.807, 2.05) is 18.2 Å². The number of rotatable bonds is 7. The van der Waals surface area contributed by atoms with Gasteiger partial charge in [0.25, 0.3) is 0 Å². The molecule has 1 N–H and O–H groups in total. The SMILES string of the molecule is COc1ccc(OC)c(N2CCN(C(=O)CCCC(=O)O)CC2)c1. The van der Waals surface area contributed by atoms with Crippen LogP contribution in [0.3, 0.4) is 0 Å². The van der Waals surface area contributed by atoms with E-state index in [1.165, 1.54) is 0 Å². The van der Waals surface area contributed by atoms with Gasteiger partial charge >= 0.3 is 5.97 Å². The second-order valence-corrected chi connectivity index (χ2v) is 5.65. The average Bonchev–Trinajstić information content (AvgIpc) is 2.60. The third kappa shape index (κ3) is 4.53. The molecule has 132 valence electrons. The van der Waals surface area contributed by atoms with E-state index in [0.29, 0.717) is 32.6 Å². The molecule has 0 radical (unpaired) electrons. The molecule has 2 rings (SSSR count). The minimum atomic E-state index is -0.863. The maximum Gasteiger partial charge on any atom is 0.303 e. The van der Waals surface area contributed by atoms with Crippen molar-refractivity contribution in [2.45, 2.75) is 19.3 Å². The van der Waals surface area contributed by atoms with Gasteiger partial charge in [-0.3, -0.25) is 9.59 Å². The number of methoxy groups -OCH3 is 2. The predicted octanol–water partition coefficient (Wildman–Crippen LogP) is 1.61. The Kier molecular flexibility index (Phi) is 6.28. The molecule has 24 heavy (non-hydrogen) atoms. The van der Waals surface area contributed by atoms with Crippen LogP contribution in [0.1, 0.15) is 19.3 Å². The smallest absolute Gasteiger partial charge is 0.303 e. The van der Waals surface area contributed by atoms with Gasteiger partial charge in [-0.05, 0) is 18.6 Å². The van der Waals surface area contributed by atoms with Crippen molar-refractivity contribution >= 4 is 17.6 Å². The number of carbonyl (C=O) groups excluding carboxylic acids is 1. The molecule has 0 spiro atoms. The molecule has 7 nitrogen and oxygen atoms in total. The summed E-state index contributed by atoms with van der Waals surface area (Å²) in [4.78, 5) is 26.6. The molecule has 1 aromatic carbocycles. The highest BCUT2D eigenvalue weighted by molar-refractivity contribution is 5.77. The first-order chi connectivity index (χ1) is 11.5. The first-order valence-corrected chi connectivity index (χ1v) is 8.01. The molecule has 0 unspecified atom stereocenters. The van der Waals surface area contributed by atoms with Gasteiger partial charge in [-0.2, -0.15) is 0 Å². The zero-order valence-electron chi connectivity index (χ0n) is 14.2. The Bertz CT molecular complexity index is 582. The van der Waals surface area contributed by atoms with Gasteiger partial charge < -0.3 is 24.4 Å². The number of aliphatic carboxylic acids is 1. The van der Waals surface area contributed by atoms with Gasteiger partial charge in [0.15, 0.2) is 0 Å². The van der Waals surface area contributed by atoms with Crippen molar-refractivity contribution in [3.05, 3.63) is 18.2 Å². The van der Waals surface area contributed by atoms with E-state index in [4.69, 9.17) is 14.6 Å². The summed E-state index contributed by atoms with van der Waals surface area (Å²) in [6, 6.07) is 5.66. The summed E-state index contributed by atoms with van der Waals surface area (Å²) in [5.74, 6) is 0.696. The van der Waals surface area contributed by atoms with Crippen molar-refractivity contribution in [1.29, 1.82) is 0 Å². The highest BCUT2D eigenvalue weighted by atomic mass is 16.5. The summed E-state index contributed by atoms with van der Waals surface area (Å²) in [6.07, 6.45) is 0.708. The zero-order valence-corrected chi connectivity index (χ0v) is 14.2. The lowest BCUT2D eigenvalue weighted by molar-refractivity contribution is -0.137. The summed E-state index contributed by atoms with van der Waals surface area (Å²) in [5.41, 5.74) is 0.954. The van der Waals surface area contributed by atoms with Gasteiger partial charge in [-0.15, -0.1) is 0 Å². The molecule has 7 heteroatoms. The fraction of sp³-hybridized carbons (Fsp3) is 0.529. The number of ether oxygens (including phenoxy) is 2. The minimum Gasteiger partial charge on any atom is -0.497 e. The lowest BCUT2D eigenvalue weighted by Crippen LogP contribution is -2.48. The van der Waals surface area contributed by atoms with Crippen LogP contribution in [0, 0.1) is 0 Å². The Balaban J connectivity index is 1.92. The monoisotopic (exact) mass is 336 g/mol. The molecule has 1 heterocycles. The van der Waals surface area contributed by atoms with Crippen molar-refractivity contribution in [3.8, 4) is 11.5 Å². The van der Waals surface area contributed by atoms with Crippen LogP contribution < -0.4 is 14.4 Å². The van der Waals surface area contributed by atoms with E-state index in [-0.39, 0.29) is 18.7 Å². The third-order valence-electron chi connectivity index (χ3n) is 4.14. The second-order valence-electron chi connectivity index (χ2n) is 5.65. The minimum absolute atomic E-state index is 0.0218. The number of nitrogens with zero attached hydrogens (tertiary/aromatic N) is 2. The van der Waals surface area contributed by atoms with Crippen LogP contribution in [0.15, 0.2) is 18.2 Å². The lowest BCUT2D eigenvalue weighted by Gasteiger charge is -2.36. The van der Waals surface area contributed by atoms with Crippen LogP contribution in [0.25, 0.3) is 0 Å². The number of hydrogen-bond donors (Lipinski definition) is 1. The Morgan fingerprint density at radius 3 is 2.38 bits per heavy atom. The Morgan fingerprint density at radius 2 is 1.79 bits per heavy atom. The van der Waals surface area contributed by atoms with E-state index >= 15 is 0 Å².